The van der Waals surface area contributed by atoms with E-state index in [-0.39, 0.29) is 0 Å². The Kier molecular flexibility index (Phi) is 2.47. The maximum Gasteiger partial charge on any atom is 0.342 e. The molecule has 0 aliphatic carbocycles. The normalized spacial score (nSPS) is 36.2. The van der Waals surface area contributed by atoms with Crippen LogP contribution in [0.25, 0.3) is 0 Å². The minimum atomic E-state index is -2.60. The average molecular weight is 164 g/mol. The molecule has 0 radical (unpaired) electrons. The van der Waals surface area contributed by atoms with Crippen molar-refractivity contribution in [3.8, 4) is 0 Å². The molecular formula is C5H13N2O2P. The van der Waals surface area contributed by atoms with Crippen molar-refractivity contribution in [3.63, 3.8) is 0 Å². The molecule has 1 heterocycles. The van der Waals surface area contributed by atoms with Crippen LogP contribution in [0.5, 0.6) is 0 Å². The molecule has 1 aliphatic heterocycles. The van der Waals surface area contributed by atoms with Crippen molar-refractivity contribution in [3.05, 3.63) is 0 Å². The minimum absolute atomic E-state index is 0.600. The summed E-state index contributed by atoms with van der Waals surface area (Å²) in [5.41, 5.74) is 0. The van der Waals surface area contributed by atoms with Gasteiger partial charge in [-0.25, -0.2) is 9.76 Å². The molecule has 1 unspecified atom stereocenters. The van der Waals surface area contributed by atoms with E-state index in [1.54, 1.807) is 18.8 Å². The number of hydrogen-bond donors (Lipinski definition) is 1. The third-order valence-corrected chi connectivity index (χ3v) is 3.82. The summed E-state index contributed by atoms with van der Waals surface area (Å²) in [5, 5.41) is 2.69. The van der Waals surface area contributed by atoms with Crippen molar-refractivity contribution in [1.29, 1.82) is 0 Å². The fraction of sp³-hybridized carbons (Fsp3) is 1.00. The largest absolute Gasteiger partial charge is 0.342 e. The Morgan fingerprint density at radius 2 is 2.40 bits per heavy atom. The molecule has 1 saturated heterocycles. The second-order valence-electron chi connectivity index (χ2n) is 2.31. The molecule has 0 bridgehead atoms. The molecule has 4 nitrogen and oxygen atoms in total. The summed E-state index contributed by atoms with van der Waals surface area (Å²) >= 11 is 0. The van der Waals surface area contributed by atoms with Gasteiger partial charge in [0.2, 0.25) is 0 Å². The van der Waals surface area contributed by atoms with Gasteiger partial charge in [-0.15, -0.1) is 0 Å². The molecule has 10 heavy (non-hydrogen) atoms. The van der Waals surface area contributed by atoms with Gasteiger partial charge in [-0.05, 0) is 20.5 Å². The Bertz CT molecular complexity index is 162. The Labute approximate surface area is 61.1 Å². The van der Waals surface area contributed by atoms with Gasteiger partial charge in [-0.3, -0.25) is 4.57 Å². The first-order chi connectivity index (χ1) is 4.69. The summed E-state index contributed by atoms with van der Waals surface area (Å²) in [5.74, 6) is 0. The fourth-order valence-corrected chi connectivity index (χ4v) is 2.40. The smallest absolute Gasteiger partial charge is 0.306 e. The molecule has 5 heteroatoms. The van der Waals surface area contributed by atoms with Gasteiger partial charge in [0.05, 0.1) is 6.61 Å². The van der Waals surface area contributed by atoms with E-state index in [1.165, 1.54) is 0 Å². The molecule has 1 atom stereocenters. The van der Waals surface area contributed by atoms with Crippen LogP contribution in [-0.2, 0) is 9.09 Å². The SMILES string of the molecule is CNP1(=O)OCCCN1C. The molecule has 0 aromatic carbocycles. The highest BCUT2D eigenvalue weighted by molar-refractivity contribution is 7.54. The zero-order valence-electron chi connectivity index (χ0n) is 6.33. The Morgan fingerprint density at radius 1 is 1.70 bits per heavy atom. The van der Waals surface area contributed by atoms with E-state index in [4.69, 9.17) is 4.52 Å². The van der Waals surface area contributed by atoms with Crippen LogP contribution in [0, 0.1) is 0 Å². The van der Waals surface area contributed by atoms with Crippen LogP contribution in [0.2, 0.25) is 0 Å². The van der Waals surface area contributed by atoms with Crippen molar-refractivity contribution < 1.29 is 9.09 Å². The van der Waals surface area contributed by atoms with E-state index in [1.807, 2.05) is 0 Å². The number of nitrogens with one attached hydrogen (secondary N) is 1. The third kappa shape index (κ3) is 1.40. The summed E-state index contributed by atoms with van der Waals surface area (Å²) in [6, 6.07) is 0. The fourth-order valence-electron chi connectivity index (χ4n) is 0.947. The van der Waals surface area contributed by atoms with Crippen LogP contribution in [0.4, 0.5) is 0 Å². The van der Waals surface area contributed by atoms with Gasteiger partial charge in [0.1, 0.15) is 0 Å². The zero-order valence-corrected chi connectivity index (χ0v) is 7.23. The van der Waals surface area contributed by atoms with Gasteiger partial charge in [0.25, 0.3) is 0 Å². The monoisotopic (exact) mass is 164 g/mol. The predicted molar refractivity (Wildman–Crippen MR) is 39.9 cm³/mol. The molecule has 0 aromatic rings. The molecule has 0 aromatic heterocycles. The highest BCUT2D eigenvalue weighted by atomic mass is 31.2. The molecule has 1 rings (SSSR count). The lowest BCUT2D eigenvalue weighted by Crippen LogP contribution is -2.30. The summed E-state index contributed by atoms with van der Waals surface area (Å²) in [6.07, 6.45) is 0.960. The van der Waals surface area contributed by atoms with Crippen molar-refractivity contribution in [2.24, 2.45) is 0 Å². The van der Waals surface area contributed by atoms with Gasteiger partial charge < -0.3 is 4.52 Å². The Morgan fingerprint density at radius 3 is 2.80 bits per heavy atom. The number of nitrogens with zero attached hydrogens (tertiary/aromatic N) is 1. The van der Waals surface area contributed by atoms with Gasteiger partial charge in [0, 0.05) is 6.54 Å². The van der Waals surface area contributed by atoms with E-state index in [0.29, 0.717) is 6.61 Å². The Balaban J connectivity index is 2.63. The van der Waals surface area contributed by atoms with Crippen LogP contribution in [0.1, 0.15) is 6.42 Å². The van der Waals surface area contributed by atoms with E-state index >= 15 is 0 Å². The lowest BCUT2D eigenvalue weighted by molar-refractivity contribution is 0.216. The highest BCUT2D eigenvalue weighted by Gasteiger charge is 2.29. The van der Waals surface area contributed by atoms with Crippen molar-refractivity contribution >= 4 is 7.67 Å². The van der Waals surface area contributed by atoms with Gasteiger partial charge in [0.15, 0.2) is 0 Å². The zero-order chi connectivity index (χ0) is 7.61. The van der Waals surface area contributed by atoms with E-state index < -0.39 is 7.67 Å². The molecule has 1 fully saturated rings. The topological polar surface area (TPSA) is 41.6 Å². The van der Waals surface area contributed by atoms with Crippen molar-refractivity contribution in [2.45, 2.75) is 6.42 Å². The van der Waals surface area contributed by atoms with Crippen LogP contribution in [0.15, 0.2) is 0 Å². The summed E-state index contributed by atoms with van der Waals surface area (Å²) in [4.78, 5) is 0. The molecule has 0 saturated carbocycles. The molecule has 1 aliphatic rings. The number of rotatable bonds is 1. The van der Waals surface area contributed by atoms with Crippen LogP contribution in [-0.4, -0.2) is 31.9 Å². The summed E-state index contributed by atoms with van der Waals surface area (Å²) < 4.78 is 18.4. The quantitative estimate of drug-likeness (QED) is 0.578. The maximum absolute atomic E-state index is 11.5. The second kappa shape index (κ2) is 3.01. The lowest BCUT2D eigenvalue weighted by Gasteiger charge is -2.30. The third-order valence-electron chi connectivity index (χ3n) is 1.62. The first-order valence-corrected chi connectivity index (χ1v) is 4.92. The molecule has 0 amide bonds. The first-order valence-electron chi connectivity index (χ1n) is 3.34. The number of hydrogen-bond acceptors (Lipinski definition) is 2. The van der Waals surface area contributed by atoms with Gasteiger partial charge >= 0.3 is 7.67 Å². The maximum atomic E-state index is 11.5. The highest BCUT2D eigenvalue weighted by Crippen LogP contribution is 2.46. The van der Waals surface area contributed by atoms with E-state index in [2.05, 4.69) is 5.09 Å². The minimum Gasteiger partial charge on any atom is -0.306 e. The molecule has 60 valence electrons. The summed E-state index contributed by atoms with van der Waals surface area (Å²) in [7, 11) is 0.855. The lowest BCUT2D eigenvalue weighted by atomic mass is 10.5. The van der Waals surface area contributed by atoms with E-state index in [9.17, 15) is 4.57 Å². The van der Waals surface area contributed by atoms with Crippen molar-refractivity contribution in [2.75, 3.05) is 27.2 Å². The molecule has 1 N–H and O–H groups in total. The van der Waals surface area contributed by atoms with E-state index in [0.717, 1.165) is 13.0 Å². The molecule has 0 spiro atoms. The van der Waals surface area contributed by atoms with Crippen LogP contribution >= 0.6 is 7.67 Å². The average Bonchev–Trinajstić information content (AvgIpc) is 1.96. The first kappa shape index (κ1) is 8.21. The van der Waals surface area contributed by atoms with Crippen LogP contribution < -0.4 is 5.09 Å². The van der Waals surface area contributed by atoms with Crippen molar-refractivity contribution in [1.82, 2.24) is 9.76 Å². The van der Waals surface area contributed by atoms with Gasteiger partial charge in [-0.1, -0.05) is 0 Å². The Hall–Kier alpha value is 0.110. The van der Waals surface area contributed by atoms with Crippen LogP contribution in [0.3, 0.4) is 0 Å². The summed E-state index contributed by atoms with van der Waals surface area (Å²) in [6.45, 7) is 1.45. The second-order valence-corrected chi connectivity index (χ2v) is 4.74. The van der Waals surface area contributed by atoms with Gasteiger partial charge in [-0.2, -0.15) is 0 Å². The predicted octanol–water partition coefficient (Wildman–Crippen LogP) is 0.666. The standard InChI is InChI=1S/C5H13N2O2P/c1-6-10(8)7(2)4-3-5-9-10/h3-5H2,1-2H3,(H,6,8). The molecular weight excluding hydrogens is 151 g/mol.